The van der Waals surface area contributed by atoms with Crippen molar-refractivity contribution >= 4 is 22.7 Å². The van der Waals surface area contributed by atoms with E-state index >= 15 is 0 Å². The molecular weight excluding hydrogens is 380 g/mol. The highest BCUT2D eigenvalue weighted by molar-refractivity contribution is 5.90. The van der Waals surface area contributed by atoms with Crippen LogP contribution in [0.3, 0.4) is 0 Å². The van der Waals surface area contributed by atoms with Crippen LogP contribution in [-0.4, -0.2) is 6.54 Å². The van der Waals surface area contributed by atoms with Gasteiger partial charge in [0.15, 0.2) is 0 Å². The van der Waals surface area contributed by atoms with E-state index in [2.05, 4.69) is 59.2 Å². The minimum absolute atomic E-state index is 0.701. The summed E-state index contributed by atoms with van der Waals surface area (Å²) >= 11 is 0. The maximum absolute atomic E-state index is 6.40. The van der Waals surface area contributed by atoms with E-state index in [1.807, 2.05) is 48.5 Å². The maximum atomic E-state index is 6.40. The fourth-order valence-electron chi connectivity index (χ4n) is 3.72. The van der Waals surface area contributed by atoms with E-state index in [-0.39, 0.29) is 0 Å². The van der Waals surface area contributed by atoms with Crippen LogP contribution in [0.25, 0.3) is 11.1 Å². The van der Waals surface area contributed by atoms with Crippen molar-refractivity contribution in [3.05, 3.63) is 108 Å². The average molecular weight is 409 g/mol. The molecule has 4 aromatic carbocycles. The predicted octanol–water partition coefficient (Wildman–Crippen LogP) is 5.78. The molecule has 6 N–H and O–H groups in total. The molecule has 0 radical (unpaired) electrons. The van der Waals surface area contributed by atoms with Gasteiger partial charge in [-0.25, -0.2) is 0 Å². The predicted molar refractivity (Wildman–Crippen MR) is 133 cm³/mol. The van der Waals surface area contributed by atoms with E-state index in [1.54, 1.807) is 0 Å². The molecule has 0 saturated carbocycles. The first-order valence-corrected chi connectivity index (χ1v) is 10.5. The molecule has 0 bridgehead atoms. The van der Waals surface area contributed by atoms with Crippen LogP contribution in [0, 0.1) is 0 Å². The molecule has 0 aliphatic rings. The zero-order chi connectivity index (χ0) is 21.5. The second-order valence-electron chi connectivity index (χ2n) is 7.62. The molecule has 0 atom stereocenters. The van der Waals surface area contributed by atoms with Gasteiger partial charge < -0.3 is 22.1 Å². The van der Waals surface area contributed by atoms with Gasteiger partial charge >= 0.3 is 0 Å². The van der Waals surface area contributed by atoms with E-state index in [1.165, 1.54) is 11.1 Å². The molecule has 0 aromatic heterocycles. The molecule has 0 aliphatic carbocycles. The first-order chi connectivity index (χ1) is 15.2. The van der Waals surface area contributed by atoms with Gasteiger partial charge in [-0.15, -0.1) is 0 Å². The number of hydrogen-bond acceptors (Lipinski definition) is 4. The number of rotatable bonds is 8. The van der Waals surface area contributed by atoms with Crippen molar-refractivity contribution in [2.24, 2.45) is 0 Å². The van der Waals surface area contributed by atoms with Crippen LogP contribution < -0.4 is 22.1 Å². The van der Waals surface area contributed by atoms with Crippen LogP contribution in [0.15, 0.2) is 97.1 Å². The van der Waals surface area contributed by atoms with Crippen molar-refractivity contribution < 1.29 is 0 Å². The molecule has 4 rings (SSSR count). The largest absolute Gasteiger partial charge is 0.399 e. The highest BCUT2D eigenvalue weighted by Crippen LogP contribution is 2.36. The quantitative estimate of drug-likeness (QED) is 0.279. The van der Waals surface area contributed by atoms with Crippen molar-refractivity contribution in [1.82, 2.24) is 0 Å². The number of nitrogens with one attached hydrogen (secondary N) is 2. The fraction of sp³-hybridized carbons (Fsp3) is 0.111. The lowest BCUT2D eigenvalue weighted by Crippen LogP contribution is -2.07. The molecular formula is C27H28N4. The van der Waals surface area contributed by atoms with Crippen molar-refractivity contribution in [3.8, 4) is 11.1 Å². The molecule has 31 heavy (non-hydrogen) atoms. The molecule has 0 spiro atoms. The standard InChI is InChI=1S/C27H28N4/c28-23-16-22(17-24(18-23)31-19-21-10-5-2-6-11-21)27-25(29)12-7-13-26(27)30-15-14-20-8-3-1-4-9-20/h1-13,16-18,30-31H,14-15,19,28-29H2. The lowest BCUT2D eigenvalue weighted by atomic mass is 10.00. The molecule has 0 aliphatic heterocycles. The number of hydrogen-bond donors (Lipinski definition) is 4. The summed E-state index contributed by atoms with van der Waals surface area (Å²) in [4.78, 5) is 0. The van der Waals surface area contributed by atoms with Crippen molar-refractivity contribution in [1.29, 1.82) is 0 Å². The number of nitrogens with two attached hydrogens (primary N) is 2. The Kier molecular flexibility index (Phi) is 6.38. The van der Waals surface area contributed by atoms with Gasteiger partial charge in [0.05, 0.1) is 0 Å². The van der Waals surface area contributed by atoms with Crippen LogP contribution in [0.4, 0.5) is 22.7 Å². The number of anilines is 4. The van der Waals surface area contributed by atoms with Crippen molar-refractivity contribution in [2.45, 2.75) is 13.0 Å². The summed E-state index contributed by atoms with van der Waals surface area (Å²) in [5.41, 5.74) is 20.5. The molecule has 0 unspecified atom stereocenters. The normalized spacial score (nSPS) is 10.6. The van der Waals surface area contributed by atoms with E-state index in [0.29, 0.717) is 5.69 Å². The minimum atomic E-state index is 0.701. The summed E-state index contributed by atoms with van der Waals surface area (Å²) in [6.45, 7) is 1.55. The topological polar surface area (TPSA) is 76.1 Å². The van der Waals surface area contributed by atoms with Gasteiger partial charge in [0, 0.05) is 41.4 Å². The van der Waals surface area contributed by atoms with Gasteiger partial charge in [-0.05, 0) is 53.4 Å². The Hall–Kier alpha value is -3.92. The molecule has 4 heteroatoms. The van der Waals surface area contributed by atoms with Gasteiger partial charge in [-0.3, -0.25) is 0 Å². The second-order valence-corrected chi connectivity index (χ2v) is 7.62. The number of nitrogen functional groups attached to an aromatic ring is 2. The van der Waals surface area contributed by atoms with Gasteiger partial charge in [0.25, 0.3) is 0 Å². The van der Waals surface area contributed by atoms with Gasteiger partial charge in [0.2, 0.25) is 0 Å². The van der Waals surface area contributed by atoms with E-state index in [9.17, 15) is 0 Å². The second kappa shape index (κ2) is 9.72. The van der Waals surface area contributed by atoms with Crippen molar-refractivity contribution in [2.75, 3.05) is 28.6 Å². The Bertz CT molecular complexity index is 1120. The van der Waals surface area contributed by atoms with Crippen LogP contribution in [-0.2, 0) is 13.0 Å². The Morgan fingerprint density at radius 1 is 0.645 bits per heavy atom. The third-order valence-corrected chi connectivity index (χ3v) is 5.25. The van der Waals surface area contributed by atoms with Crippen LogP contribution >= 0.6 is 0 Å². The first-order valence-electron chi connectivity index (χ1n) is 10.5. The monoisotopic (exact) mass is 408 g/mol. The zero-order valence-corrected chi connectivity index (χ0v) is 17.5. The smallest absolute Gasteiger partial charge is 0.0440 e. The fourth-order valence-corrected chi connectivity index (χ4v) is 3.72. The lowest BCUT2D eigenvalue weighted by molar-refractivity contribution is 1.02. The molecule has 156 valence electrons. The van der Waals surface area contributed by atoms with E-state index in [4.69, 9.17) is 11.5 Å². The number of benzene rings is 4. The summed E-state index contributed by atoms with van der Waals surface area (Å²) in [6, 6.07) is 32.8. The molecule has 0 saturated heterocycles. The highest BCUT2D eigenvalue weighted by Gasteiger charge is 2.11. The first kappa shape index (κ1) is 20.4. The molecule has 4 aromatic rings. The van der Waals surface area contributed by atoms with E-state index in [0.717, 1.165) is 47.7 Å². The Labute approximate surface area is 183 Å². The summed E-state index contributed by atoms with van der Waals surface area (Å²) in [6.07, 6.45) is 0.940. The van der Waals surface area contributed by atoms with Gasteiger partial charge in [0.1, 0.15) is 0 Å². The summed E-state index contributed by atoms with van der Waals surface area (Å²) in [7, 11) is 0. The Balaban J connectivity index is 1.54. The lowest BCUT2D eigenvalue weighted by Gasteiger charge is -2.17. The third kappa shape index (κ3) is 5.37. The molecule has 0 amide bonds. The maximum Gasteiger partial charge on any atom is 0.0440 e. The summed E-state index contributed by atoms with van der Waals surface area (Å²) in [5, 5.41) is 7.03. The highest BCUT2D eigenvalue weighted by atomic mass is 14.9. The minimum Gasteiger partial charge on any atom is -0.399 e. The van der Waals surface area contributed by atoms with Crippen LogP contribution in [0.1, 0.15) is 11.1 Å². The van der Waals surface area contributed by atoms with Gasteiger partial charge in [-0.2, -0.15) is 0 Å². The Morgan fingerprint density at radius 3 is 2.10 bits per heavy atom. The Morgan fingerprint density at radius 2 is 1.35 bits per heavy atom. The van der Waals surface area contributed by atoms with Crippen LogP contribution in [0.5, 0.6) is 0 Å². The van der Waals surface area contributed by atoms with Crippen molar-refractivity contribution in [3.63, 3.8) is 0 Å². The SMILES string of the molecule is Nc1cc(NCc2ccccc2)cc(-c2c(N)cccc2NCCc2ccccc2)c1. The van der Waals surface area contributed by atoms with Gasteiger partial charge in [-0.1, -0.05) is 66.7 Å². The molecule has 0 fully saturated rings. The van der Waals surface area contributed by atoms with Crippen LogP contribution in [0.2, 0.25) is 0 Å². The molecule has 0 heterocycles. The summed E-state index contributed by atoms with van der Waals surface area (Å²) in [5.74, 6) is 0. The third-order valence-electron chi connectivity index (χ3n) is 5.25. The zero-order valence-electron chi connectivity index (χ0n) is 17.5. The average Bonchev–Trinajstić information content (AvgIpc) is 2.79. The summed E-state index contributed by atoms with van der Waals surface area (Å²) < 4.78 is 0. The molecule has 4 nitrogen and oxygen atoms in total. The van der Waals surface area contributed by atoms with E-state index < -0.39 is 0 Å².